The van der Waals surface area contributed by atoms with Gasteiger partial charge < -0.3 is 15.6 Å². The van der Waals surface area contributed by atoms with E-state index in [0.717, 1.165) is 5.56 Å². The van der Waals surface area contributed by atoms with E-state index < -0.39 is 28.9 Å². The highest BCUT2D eigenvalue weighted by atomic mass is 19.1. The van der Waals surface area contributed by atoms with E-state index in [1.165, 1.54) is 35.2 Å². The second-order valence-corrected chi connectivity index (χ2v) is 9.39. The van der Waals surface area contributed by atoms with Gasteiger partial charge in [0, 0.05) is 48.7 Å². The molecule has 2 aromatic carbocycles. The second-order valence-electron chi connectivity index (χ2n) is 9.39. The number of fused-ring (bicyclic) bond motifs is 3. The summed E-state index contributed by atoms with van der Waals surface area (Å²) in [5, 5.41) is 3.31. The minimum absolute atomic E-state index is 0.200. The number of hydrogen-bond donors (Lipinski definition) is 2. The summed E-state index contributed by atoms with van der Waals surface area (Å²) in [6.07, 6.45) is 2.27. The summed E-state index contributed by atoms with van der Waals surface area (Å²) in [7, 11) is 1.62. The molecule has 2 amide bonds. The molecule has 3 aliphatic heterocycles. The second kappa shape index (κ2) is 8.72. The molecule has 3 N–H and O–H groups in total. The minimum atomic E-state index is -1.35. The van der Waals surface area contributed by atoms with E-state index in [-0.39, 0.29) is 5.69 Å². The Labute approximate surface area is 216 Å². The summed E-state index contributed by atoms with van der Waals surface area (Å²) in [5.74, 6) is -0.969. The number of anilines is 3. The molecule has 11 heteroatoms. The molecule has 1 fully saturated rings. The van der Waals surface area contributed by atoms with E-state index in [1.54, 1.807) is 25.4 Å². The molecule has 9 nitrogen and oxygen atoms in total. The number of carbonyl (C=O) groups is 2. The largest absolute Gasteiger partial charge is 0.369 e. The van der Waals surface area contributed by atoms with Crippen LogP contribution in [0, 0.1) is 17.0 Å². The Morgan fingerprint density at radius 3 is 2.47 bits per heavy atom. The molecule has 0 unspecified atom stereocenters. The van der Waals surface area contributed by atoms with Gasteiger partial charge in [0.25, 0.3) is 0 Å². The van der Waals surface area contributed by atoms with E-state index in [2.05, 4.69) is 20.3 Å². The number of hydrogen-bond acceptors (Lipinski definition) is 6. The van der Waals surface area contributed by atoms with Crippen LogP contribution in [0.1, 0.15) is 12.8 Å². The molecule has 1 saturated carbocycles. The average molecular weight is 516 g/mol. The summed E-state index contributed by atoms with van der Waals surface area (Å²) < 4.78 is 31.4. The van der Waals surface area contributed by atoms with Crippen LogP contribution < -0.4 is 21.6 Å². The van der Waals surface area contributed by atoms with Gasteiger partial charge in [-0.2, -0.15) is 4.98 Å². The predicted octanol–water partition coefficient (Wildman–Crippen LogP) is 3.21. The maximum Gasteiger partial charge on any atom is 0.247 e. The van der Waals surface area contributed by atoms with Gasteiger partial charge in [0.05, 0.1) is 5.69 Å². The molecule has 0 saturated heterocycles. The molecule has 3 heterocycles. The van der Waals surface area contributed by atoms with Crippen molar-refractivity contribution in [3.63, 3.8) is 0 Å². The van der Waals surface area contributed by atoms with Crippen molar-refractivity contribution in [2.75, 3.05) is 23.8 Å². The van der Waals surface area contributed by atoms with Crippen molar-refractivity contribution in [1.29, 1.82) is 0 Å². The smallest absolute Gasteiger partial charge is 0.247 e. The molecule has 2 aromatic rings. The average Bonchev–Trinajstić information content (AvgIpc) is 3.59. The highest BCUT2D eigenvalue weighted by molar-refractivity contribution is 6.16. The summed E-state index contributed by atoms with van der Waals surface area (Å²) in [4.78, 5) is 39.7. The van der Waals surface area contributed by atoms with E-state index >= 15 is 4.39 Å². The van der Waals surface area contributed by atoms with Crippen LogP contribution in [-0.4, -0.2) is 39.9 Å². The van der Waals surface area contributed by atoms with Gasteiger partial charge >= 0.3 is 0 Å². The third-order valence-electron chi connectivity index (χ3n) is 7.11. The number of benzene rings is 2. The molecule has 0 atom stereocenters. The van der Waals surface area contributed by atoms with Crippen LogP contribution in [0.15, 0.2) is 59.7 Å². The number of nitrogens with one attached hydrogen (secondary N) is 1. The molecule has 4 aliphatic rings. The van der Waals surface area contributed by atoms with E-state index in [1.807, 2.05) is 10.6 Å². The van der Waals surface area contributed by atoms with Crippen molar-refractivity contribution in [2.24, 2.45) is 16.1 Å². The Kier molecular flexibility index (Phi) is 5.44. The SMILES string of the molecule is CN=c1ncc2cc(-c3ccc(N(C(=O)C4(C(N)=O)CC4)c4ccc(F)cc4)cc3F)c3n(c-2n1)CCN3. The quantitative estimate of drug-likeness (QED) is 0.396. The number of pyridine rings is 1. The van der Waals surface area contributed by atoms with Crippen molar-refractivity contribution in [3.05, 3.63) is 72.0 Å². The number of rotatable bonds is 5. The number of aromatic nitrogens is 3. The van der Waals surface area contributed by atoms with Crippen molar-refractivity contribution >= 4 is 29.0 Å². The van der Waals surface area contributed by atoms with Gasteiger partial charge in [-0.15, -0.1) is 0 Å². The molecule has 0 radical (unpaired) electrons. The first-order chi connectivity index (χ1) is 18.3. The van der Waals surface area contributed by atoms with Crippen molar-refractivity contribution in [2.45, 2.75) is 19.4 Å². The summed E-state index contributed by atoms with van der Waals surface area (Å²) in [6, 6.07) is 11.4. The molecule has 192 valence electrons. The van der Waals surface area contributed by atoms with Gasteiger partial charge in [-0.05, 0) is 61.4 Å². The van der Waals surface area contributed by atoms with Gasteiger partial charge in [0.1, 0.15) is 28.7 Å². The number of halogens is 2. The van der Waals surface area contributed by atoms with E-state index in [0.29, 0.717) is 60.0 Å². The first kappa shape index (κ1) is 23.7. The van der Waals surface area contributed by atoms with Crippen molar-refractivity contribution in [3.8, 4) is 22.5 Å². The van der Waals surface area contributed by atoms with Gasteiger partial charge in [-0.25, -0.2) is 13.8 Å². The summed E-state index contributed by atoms with van der Waals surface area (Å²) in [6.45, 7) is 1.29. The topological polar surface area (TPSA) is 119 Å². The molecular formula is C27H23F2N7O2. The zero-order chi connectivity index (χ0) is 26.6. The lowest BCUT2D eigenvalue weighted by Gasteiger charge is -2.27. The molecule has 0 aromatic heterocycles. The summed E-state index contributed by atoms with van der Waals surface area (Å²) >= 11 is 0. The third kappa shape index (κ3) is 3.69. The van der Waals surface area contributed by atoms with Crippen LogP contribution in [0.5, 0.6) is 0 Å². The van der Waals surface area contributed by atoms with Crippen LogP contribution in [0.2, 0.25) is 0 Å². The zero-order valence-corrected chi connectivity index (χ0v) is 20.4. The Morgan fingerprint density at radius 2 is 1.82 bits per heavy atom. The number of amides is 2. The number of primary amides is 1. The van der Waals surface area contributed by atoms with Crippen LogP contribution in [0.4, 0.5) is 26.0 Å². The number of nitrogens with two attached hydrogens (primary N) is 1. The van der Waals surface area contributed by atoms with Crippen LogP contribution >= 0.6 is 0 Å². The van der Waals surface area contributed by atoms with Crippen molar-refractivity contribution < 1.29 is 18.4 Å². The van der Waals surface area contributed by atoms with Crippen molar-refractivity contribution in [1.82, 2.24) is 14.5 Å². The molecule has 1 aliphatic carbocycles. The first-order valence-corrected chi connectivity index (χ1v) is 12.1. The highest BCUT2D eigenvalue weighted by Crippen LogP contribution is 2.49. The lowest BCUT2D eigenvalue weighted by Crippen LogP contribution is -2.41. The standard InChI is InChI=1S/C27H23F2N7O2/c1-31-26-33-14-15-12-20(23-32-10-11-35(23)22(15)34-26)19-7-6-18(13-21(19)29)36(17-4-2-16(28)3-5-17)25(38)27(8-9-27)24(30)37/h2-7,12-14,32H,8-11H2,1H3,(H2,30,37). The first-order valence-electron chi connectivity index (χ1n) is 12.1. The Bertz CT molecular complexity index is 1640. The monoisotopic (exact) mass is 515 g/mol. The lowest BCUT2D eigenvalue weighted by atomic mass is 10.0. The lowest BCUT2D eigenvalue weighted by molar-refractivity contribution is -0.133. The molecule has 6 rings (SSSR count). The van der Waals surface area contributed by atoms with E-state index in [4.69, 9.17) is 5.73 Å². The fourth-order valence-electron chi connectivity index (χ4n) is 4.91. The maximum atomic E-state index is 15.8. The van der Waals surface area contributed by atoms with Gasteiger partial charge in [-0.3, -0.25) is 19.5 Å². The third-order valence-corrected chi connectivity index (χ3v) is 7.11. The Morgan fingerprint density at radius 1 is 1.08 bits per heavy atom. The molecular weight excluding hydrogens is 492 g/mol. The summed E-state index contributed by atoms with van der Waals surface area (Å²) in [5.41, 5.74) is 6.70. The molecule has 0 bridgehead atoms. The maximum absolute atomic E-state index is 15.8. The van der Waals surface area contributed by atoms with Crippen LogP contribution in [0.25, 0.3) is 22.5 Å². The predicted molar refractivity (Wildman–Crippen MR) is 136 cm³/mol. The fraction of sp³-hybridized carbons (Fsp3) is 0.222. The van der Waals surface area contributed by atoms with Crippen LogP contribution in [-0.2, 0) is 16.1 Å². The van der Waals surface area contributed by atoms with E-state index in [9.17, 15) is 14.0 Å². The van der Waals surface area contributed by atoms with Gasteiger partial charge in [-0.1, -0.05) is 0 Å². The number of carbonyl (C=O) groups excluding carboxylic acids is 2. The minimum Gasteiger partial charge on any atom is -0.369 e. The molecule has 0 spiro atoms. The zero-order valence-electron chi connectivity index (χ0n) is 20.4. The Balaban J connectivity index is 1.47. The highest BCUT2D eigenvalue weighted by Gasteiger charge is 2.57. The normalized spacial score (nSPS) is 15.7. The molecule has 38 heavy (non-hydrogen) atoms. The van der Waals surface area contributed by atoms with Gasteiger partial charge in [0.15, 0.2) is 0 Å². The Hall–Kier alpha value is -4.67. The van der Waals surface area contributed by atoms with Crippen LogP contribution in [0.3, 0.4) is 0 Å². The van der Waals surface area contributed by atoms with Gasteiger partial charge in [0.2, 0.25) is 17.4 Å². The fourth-order valence-corrected chi connectivity index (χ4v) is 4.91. The number of nitrogens with zero attached hydrogens (tertiary/aromatic N) is 5.